The number of nitrogens with zero attached hydrogens (tertiary/aromatic N) is 2. The van der Waals surface area contributed by atoms with Gasteiger partial charge in [0.2, 0.25) is 5.78 Å². The largest absolute Gasteiger partial charge is 0.481 e. The molecule has 0 unspecified atom stereocenters. The van der Waals surface area contributed by atoms with Gasteiger partial charge in [-0.3, -0.25) is 9.59 Å². The molecule has 1 heterocycles. The molecule has 102 valence electrons. The van der Waals surface area contributed by atoms with Crippen LogP contribution < -0.4 is 0 Å². The van der Waals surface area contributed by atoms with Gasteiger partial charge in [-0.15, -0.1) is 0 Å². The minimum absolute atomic E-state index is 0.00377. The predicted octanol–water partition coefficient (Wildman–Crippen LogP) is 1.94. The van der Waals surface area contributed by atoms with E-state index in [9.17, 15) is 9.59 Å². The van der Waals surface area contributed by atoms with Crippen LogP contribution in [0, 0.1) is 0 Å². The van der Waals surface area contributed by atoms with Crippen LogP contribution in [0.3, 0.4) is 0 Å². The minimum Gasteiger partial charge on any atom is -0.481 e. The van der Waals surface area contributed by atoms with Crippen LogP contribution in [0.2, 0.25) is 0 Å². The molecule has 0 aliphatic rings. The van der Waals surface area contributed by atoms with Crippen LogP contribution in [0.4, 0.5) is 0 Å². The number of hydrogen-bond acceptors (Lipinski definition) is 3. The fourth-order valence-corrected chi connectivity index (χ4v) is 1.77. The lowest BCUT2D eigenvalue weighted by Gasteiger charge is -1.98. The second kappa shape index (κ2) is 5.97. The maximum Gasteiger partial charge on any atom is 0.307 e. The summed E-state index contributed by atoms with van der Waals surface area (Å²) in [5.74, 6) is -0.658. The number of rotatable bonds is 5. The lowest BCUT2D eigenvalue weighted by atomic mass is 10.1. The fraction of sp³-hybridized carbons (Fsp3) is 0.133. The van der Waals surface area contributed by atoms with Crippen LogP contribution in [0.25, 0.3) is 6.08 Å². The summed E-state index contributed by atoms with van der Waals surface area (Å²) in [6, 6.07) is 7.03. The second-order valence-corrected chi connectivity index (χ2v) is 4.37. The number of hydrogen-bond donors (Lipinski definition) is 1. The quantitative estimate of drug-likeness (QED) is 0.665. The molecule has 0 aliphatic carbocycles. The monoisotopic (exact) mass is 270 g/mol. The maximum absolute atomic E-state index is 11.9. The van der Waals surface area contributed by atoms with Gasteiger partial charge in [-0.1, -0.05) is 30.3 Å². The molecular weight excluding hydrogens is 256 g/mol. The van der Waals surface area contributed by atoms with Crippen LogP contribution in [-0.4, -0.2) is 26.4 Å². The molecule has 0 bridgehead atoms. The zero-order chi connectivity index (χ0) is 14.5. The van der Waals surface area contributed by atoms with Crippen LogP contribution in [-0.2, 0) is 18.3 Å². The van der Waals surface area contributed by atoms with Crippen LogP contribution >= 0.6 is 0 Å². The maximum atomic E-state index is 11.9. The topological polar surface area (TPSA) is 72.2 Å². The molecule has 2 aromatic rings. The second-order valence-electron chi connectivity index (χ2n) is 4.37. The Morgan fingerprint density at radius 2 is 2.00 bits per heavy atom. The van der Waals surface area contributed by atoms with Crippen molar-refractivity contribution >= 4 is 17.8 Å². The number of allylic oxidation sites excluding steroid dienone is 1. The highest BCUT2D eigenvalue weighted by Gasteiger charge is 2.06. The standard InChI is InChI=1S/C15H14N2O3/c1-17-9-8-16-15(17)13(18)7-6-11-2-4-12(5-3-11)10-14(19)20/h2-9H,10H2,1H3,(H,19,20)/b7-6+. The minimum atomic E-state index is -0.863. The van der Waals surface area contributed by atoms with Crippen molar-refractivity contribution in [3.63, 3.8) is 0 Å². The van der Waals surface area contributed by atoms with E-state index in [4.69, 9.17) is 5.11 Å². The van der Waals surface area contributed by atoms with E-state index in [1.165, 1.54) is 6.08 Å². The molecular formula is C15H14N2O3. The number of benzene rings is 1. The van der Waals surface area contributed by atoms with Gasteiger partial charge in [0.05, 0.1) is 6.42 Å². The normalized spacial score (nSPS) is 10.8. The number of carbonyl (C=O) groups is 2. The van der Waals surface area contributed by atoms with Crippen molar-refractivity contribution in [2.45, 2.75) is 6.42 Å². The van der Waals surface area contributed by atoms with Crippen molar-refractivity contribution in [3.8, 4) is 0 Å². The zero-order valence-electron chi connectivity index (χ0n) is 11.0. The van der Waals surface area contributed by atoms with Crippen molar-refractivity contribution in [2.24, 2.45) is 7.05 Å². The Morgan fingerprint density at radius 1 is 1.30 bits per heavy atom. The Labute approximate surface area is 116 Å². The number of aryl methyl sites for hydroxylation is 1. The van der Waals surface area contributed by atoms with Gasteiger partial charge in [0.1, 0.15) is 0 Å². The van der Waals surface area contributed by atoms with Gasteiger partial charge in [-0.05, 0) is 17.2 Å². The number of ketones is 1. The summed E-state index contributed by atoms with van der Waals surface area (Å²) in [4.78, 5) is 26.4. The number of aromatic nitrogens is 2. The first-order chi connectivity index (χ1) is 9.56. The van der Waals surface area contributed by atoms with Crippen molar-refractivity contribution in [1.29, 1.82) is 0 Å². The van der Waals surface area contributed by atoms with Crippen molar-refractivity contribution < 1.29 is 14.7 Å². The summed E-state index contributed by atoms with van der Waals surface area (Å²) in [6.07, 6.45) is 6.41. The smallest absolute Gasteiger partial charge is 0.307 e. The van der Waals surface area contributed by atoms with E-state index in [1.807, 2.05) is 0 Å². The third-order valence-electron chi connectivity index (χ3n) is 2.80. The SMILES string of the molecule is Cn1ccnc1C(=O)/C=C/c1ccc(CC(=O)O)cc1. The van der Waals surface area contributed by atoms with Gasteiger partial charge in [-0.25, -0.2) is 4.98 Å². The Kier molecular flexibility index (Phi) is 4.10. The summed E-state index contributed by atoms with van der Waals surface area (Å²) in [6.45, 7) is 0. The summed E-state index contributed by atoms with van der Waals surface area (Å²) in [5, 5.41) is 8.68. The Hall–Kier alpha value is -2.69. The van der Waals surface area contributed by atoms with Gasteiger partial charge in [0.25, 0.3) is 0 Å². The van der Waals surface area contributed by atoms with E-state index in [0.717, 1.165) is 11.1 Å². The molecule has 5 nitrogen and oxygen atoms in total. The number of carbonyl (C=O) groups excluding carboxylic acids is 1. The van der Waals surface area contributed by atoms with Gasteiger partial charge in [-0.2, -0.15) is 0 Å². The van der Waals surface area contributed by atoms with Crippen molar-refractivity contribution in [1.82, 2.24) is 9.55 Å². The molecule has 5 heteroatoms. The van der Waals surface area contributed by atoms with E-state index in [-0.39, 0.29) is 12.2 Å². The Bertz CT molecular complexity index is 654. The number of imidazole rings is 1. The molecule has 0 saturated carbocycles. The summed E-state index contributed by atoms with van der Waals surface area (Å²) in [5.41, 5.74) is 1.56. The zero-order valence-corrected chi connectivity index (χ0v) is 11.0. The van der Waals surface area contributed by atoms with E-state index in [0.29, 0.717) is 5.82 Å². The fourth-order valence-electron chi connectivity index (χ4n) is 1.77. The third kappa shape index (κ3) is 3.41. The van der Waals surface area contributed by atoms with E-state index in [1.54, 1.807) is 54.3 Å². The van der Waals surface area contributed by atoms with E-state index < -0.39 is 5.97 Å². The average Bonchev–Trinajstić information content (AvgIpc) is 2.83. The molecule has 1 N–H and O–H groups in total. The molecule has 1 aromatic carbocycles. The molecule has 0 amide bonds. The molecule has 20 heavy (non-hydrogen) atoms. The number of carboxylic acids is 1. The molecule has 1 aromatic heterocycles. The number of aliphatic carboxylic acids is 1. The highest BCUT2D eigenvalue weighted by Crippen LogP contribution is 2.08. The first-order valence-electron chi connectivity index (χ1n) is 6.07. The van der Waals surface area contributed by atoms with Gasteiger partial charge >= 0.3 is 5.97 Å². The first kappa shape index (κ1) is 13.7. The predicted molar refractivity (Wildman–Crippen MR) is 74.4 cm³/mol. The number of carboxylic acid groups (broad SMARTS) is 1. The highest BCUT2D eigenvalue weighted by atomic mass is 16.4. The van der Waals surface area contributed by atoms with Crippen LogP contribution in [0.5, 0.6) is 0 Å². The summed E-state index contributed by atoms with van der Waals surface area (Å²) in [7, 11) is 1.76. The molecule has 0 radical (unpaired) electrons. The highest BCUT2D eigenvalue weighted by molar-refractivity contribution is 6.04. The Balaban J connectivity index is 2.06. The van der Waals surface area contributed by atoms with Gasteiger partial charge in [0, 0.05) is 19.4 Å². The first-order valence-corrected chi connectivity index (χ1v) is 6.07. The average molecular weight is 270 g/mol. The van der Waals surface area contributed by atoms with Gasteiger partial charge in [0.15, 0.2) is 5.82 Å². The molecule has 0 spiro atoms. The summed E-state index contributed by atoms with van der Waals surface area (Å²) >= 11 is 0. The van der Waals surface area contributed by atoms with Gasteiger partial charge < -0.3 is 9.67 Å². The molecule has 0 fully saturated rings. The van der Waals surface area contributed by atoms with E-state index >= 15 is 0 Å². The Morgan fingerprint density at radius 3 is 2.55 bits per heavy atom. The molecule has 0 saturated heterocycles. The van der Waals surface area contributed by atoms with E-state index in [2.05, 4.69) is 4.98 Å². The molecule has 0 atom stereocenters. The lowest BCUT2D eigenvalue weighted by Crippen LogP contribution is -2.03. The third-order valence-corrected chi connectivity index (χ3v) is 2.80. The molecule has 0 aliphatic heterocycles. The van der Waals surface area contributed by atoms with Crippen molar-refractivity contribution in [3.05, 3.63) is 59.7 Å². The van der Waals surface area contributed by atoms with Crippen LogP contribution in [0.1, 0.15) is 21.7 Å². The van der Waals surface area contributed by atoms with Crippen LogP contribution in [0.15, 0.2) is 42.7 Å². The molecule has 2 rings (SSSR count). The lowest BCUT2D eigenvalue weighted by molar-refractivity contribution is -0.136. The summed E-state index contributed by atoms with van der Waals surface area (Å²) < 4.78 is 1.66. The van der Waals surface area contributed by atoms with Crippen molar-refractivity contribution in [2.75, 3.05) is 0 Å².